The topological polar surface area (TPSA) is 40.8 Å². The van der Waals surface area contributed by atoms with Crippen LogP contribution in [0.2, 0.25) is 5.02 Å². The average molecular weight is 471 g/mol. The number of aromatic nitrogens is 1. The predicted octanol–water partition coefficient (Wildman–Crippen LogP) is 6.06. The van der Waals surface area contributed by atoms with E-state index in [1.54, 1.807) is 14.2 Å². The van der Waals surface area contributed by atoms with Crippen LogP contribution < -0.4 is 23.5 Å². The van der Waals surface area contributed by atoms with E-state index in [-0.39, 0.29) is 6.79 Å². The number of fused-ring (bicyclic) bond motifs is 4. The van der Waals surface area contributed by atoms with E-state index in [1.165, 1.54) is 21.9 Å². The summed E-state index contributed by atoms with van der Waals surface area (Å²) in [5.41, 5.74) is 4.64. The van der Waals surface area contributed by atoms with E-state index in [0.717, 1.165) is 57.6 Å². The molecular formula is C28H21ClNO4+. The lowest BCUT2D eigenvalue weighted by molar-refractivity contribution is -0.659. The van der Waals surface area contributed by atoms with E-state index >= 15 is 0 Å². The van der Waals surface area contributed by atoms with Crippen LogP contribution >= 0.6 is 11.6 Å². The van der Waals surface area contributed by atoms with Crippen LogP contribution in [0.25, 0.3) is 43.7 Å². The minimum Gasteiger partial charge on any atom is -0.493 e. The van der Waals surface area contributed by atoms with E-state index in [1.807, 2.05) is 18.2 Å². The molecule has 1 aromatic heterocycles. The first kappa shape index (κ1) is 19.7. The largest absolute Gasteiger partial charge is 0.493 e. The number of hydrogen-bond donors (Lipinski definition) is 0. The van der Waals surface area contributed by atoms with Crippen LogP contribution in [-0.2, 0) is 13.0 Å². The Bertz CT molecular complexity index is 1660. The molecule has 5 nitrogen and oxygen atoms in total. The van der Waals surface area contributed by atoms with Crippen LogP contribution in [0.4, 0.5) is 0 Å². The van der Waals surface area contributed by atoms with Crippen LogP contribution in [0.5, 0.6) is 23.0 Å². The summed E-state index contributed by atoms with van der Waals surface area (Å²) >= 11 is 6.26. The third-order valence-electron chi connectivity index (χ3n) is 7.03. The van der Waals surface area contributed by atoms with Gasteiger partial charge in [0.1, 0.15) is 5.39 Å². The third kappa shape index (κ3) is 2.53. The van der Waals surface area contributed by atoms with Crippen molar-refractivity contribution in [2.45, 2.75) is 13.0 Å². The fraction of sp³-hybridized carbons (Fsp3) is 0.179. The zero-order valence-corrected chi connectivity index (χ0v) is 19.5. The van der Waals surface area contributed by atoms with Crippen molar-refractivity contribution < 1.29 is 23.5 Å². The molecule has 4 aromatic carbocycles. The lowest BCUT2D eigenvalue weighted by Gasteiger charge is -2.21. The van der Waals surface area contributed by atoms with Gasteiger partial charge in [-0.25, -0.2) is 0 Å². The molecule has 6 heteroatoms. The van der Waals surface area contributed by atoms with Gasteiger partial charge in [0.2, 0.25) is 18.0 Å². The molecular weight excluding hydrogens is 450 g/mol. The van der Waals surface area contributed by atoms with E-state index in [0.29, 0.717) is 10.8 Å². The van der Waals surface area contributed by atoms with E-state index < -0.39 is 0 Å². The molecule has 2 aliphatic heterocycles. The van der Waals surface area contributed by atoms with Gasteiger partial charge in [0, 0.05) is 27.8 Å². The molecule has 0 spiro atoms. The fourth-order valence-corrected chi connectivity index (χ4v) is 5.76. The van der Waals surface area contributed by atoms with Crippen molar-refractivity contribution in [3.05, 3.63) is 65.2 Å². The minimum atomic E-state index is 0.261. The Hall–Kier alpha value is -3.70. The molecule has 0 radical (unpaired) electrons. The van der Waals surface area contributed by atoms with Gasteiger partial charge in [-0.2, -0.15) is 4.57 Å². The Labute approximate surface area is 201 Å². The molecule has 0 aliphatic carbocycles. The van der Waals surface area contributed by atoms with Crippen LogP contribution in [-0.4, -0.2) is 21.0 Å². The molecule has 3 heterocycles. The molecule has 2 aliphatic rings. The molecule has 34 heavy (non-hydrogen) atoms. The Balaban J connectivity index is 1.74. The Morgan fingerprint density at radius 1 is 0.853 bits per heavy atom. The standard InChI is InChI=1S/C28H21ClNO4/c1-31-21-10-9-18-19-7-8-20-23-16(13-22-27(20)34-14-33-22)11-12-30(26(19)23)25(24(18)28(21)32-2)15-3-5-17(29)6-4-15/h3-10,13H,11-12,14H2,1-2H3/q+1. The second-order valence-corrected chi connectivity index (χ2v) is 9.07. The first-order valence-electron chi connectivity index (χ1n) is 11.2. The van der Waals surface area contributed by atoms with Gasteiger partial charge in [0.05, 0.1) is 25.0 Å². The number of halogens is 1. The average Bonchev–Trinajstić information content (AvgIpc) is 3.35. The summed E-state index contributed by atoms with van der Waals surface area (Å²) < 4.78 is 25.7. The second-order valence-electron chi connectivity index (χ2n) is 8.63. The zero-order valence-electron chi connectivity index (χ0n) is 18.8. The molecule has 0 saturated heterocycles. The summed E-state index contributed by atoms with van der Waals surface area (Å²) in [5, 5.41) is 6.33. The molecule has 0 atom stereocenters. The van der Waals surface area contributed by atoms with E-state index in [2.05, 4.69) is 41.0 Å². The molecule has 0 fully saturated rings. The van der Waals surface area contributed by atoms with Gasteiger partial charge in [-0.1, -0.05) is 11.6 Å². The molecule has 5 aromatic rings. The molecule has 168 valence electrons. The fourth-order valence-electron chi connectivity index (χ4n) is 5.63. The van der Waals surface area contributed by atoms with Crippen molar-refractivity contribution >= 4 is 44.0 Å². The van der Waals surface area contributed by atoms with Crippen LogP contribution in [0.3, 0.4) is 0 Å². The summed E-state index contributed by atoms with van der Waals surface area (Å²) in [6, 6.07) is 18.6. The summed E-state index contributed by atoms with van der Waals surface area (Å²) in [7, 11) is 3.37. The van der Waals surface area contributed by atoms with Crippen molar-refractivity contribution in [2.24, 2.45) is 0 Å². The first-order valence-corrected chi connectivity index (χ1v) is 11.6. The van der Waals surface area contributed by atoms with Crippen molar-refractivity contribution in [1.29, 1.82) is 0 Å². The van der Waals surface area contributed by atoms with Crippen molar-refractivity contribution in [2.75, 3.05) is 21.0 Å². The SMILES string of the molecule is COc1ccc2c(c1OC)c(-c1ccc(Cl)cc1)[n+]1c3c2ccc2c4c(cc(c23)CC1)OCO4. The third-order valence-corrected chi connectivity index (χ3v) is 7.28. The normalized spacial score (nSPS) is 13.9. The van der Waals surface area contributed by atoms with Crippen molar-refractivity contribution in [3.8, 4) is 34.3 Å². The van der Waals surface area contributed by atoms with Gasteiger partial charge >= 0.3 is 0 Å². The van der Waals surface area contributed by atoms with Gasteiger partial charge < -0.3 is 18.9 Å². The molecule has 0 N–H and O–H groups in total. The number of aryl methyl sites for hydroxylation is 2. The maximum Gasteiger partial charge on any atom is 0.231 e. The molecule has 0 saturated carbocycles. The first-order chi connectivity index (χ1) is 16.7. The number of rotatable bonds is 3. The number of ether oxygens (including phenoxy) is 4. The van der Waals surface area contributed by atoms with Crippen LogP contribution in [0, 0.1) is 0 Å². The summed E-state index contributed by atoms with van der Waals surface area (Å²) in [5.74, 6) is 3.10. The number of hydrogen-bond acceptors (Lipinski definition) is 4. The highest BCUT2D eigenvalue weighted by Crippen LogP contribution is 2.48. The highest BCUT2D eigenvalue weighted by molar-refractivity contribution is 6.30. The zero-order chi connectivity index (χ0) is 23.0. The Morgan fingerprint density at radius 3 is 2.44 bits per heavy atom. The van der Waals surface area contributed by atoms with Crippen LogP contribution in [0.1, 0.15) is 5.56 Å². The molecule has 7 rings (SSSR count). The van der Waals surface area contributed by atoms with Crippen molar-refractivity contribution in [1.82, 2.24) is 0 Å². The highest BCUT2D eigenvalue weighted by atomic mass is 35.5. The van der Waals surface area contributed by atoms with Crippen LogP contribution in [0.15, 0.2) is 54.6 Å². The van der Waals surface area contributed by atoms with Crippen molar-refractivity contribution in [3.63, 3.8) is 0 Å². The Kier molecular flexibility index (Phi) is 4.15. The van der Waals surface area contributed by atoms with Gasteiger partial charge in [-0.15, -0.1) is 0 Å². The number of benzene rings is 4. The quantitative estimate of drug-likeness (QED) is 0.237. The maximum absolute atomic E-state index is 6.26. The summed E-state index contributed by atoms with van der Waals surface area (Å²) in [6.07, 6.45) is 0.891. The number of nitrogens with zero attached hydrogens (tertiary/aromatic N) is 1. The number of pyridine rings is 1. The lowest BCUT2D eigenvalue weighted by Crippen LogP contribution is -2.41. The monoisotopic (exact) mass is 470 g/mol. The summed E-state index contributed by atoms with van der Waals surface area (Å²) in [4.78, 5) is 0. The molecule has 0 unspecified atom stereocenters. The Morgan fingerprint density at radius 2 is 1.65 bits per heavy atom. The molecule has 0 amide bonds. The predicted molar refractivity (Wildman–Crippen MR) is 133 cm³/mol. The smallest absolute Gasteiger partial charge is 0.231 e. The van der Waals surface area contributed by atoms with Gasteiger partial charge in [0.25, 0.3) is 0 Å². The van der Waals surface area contributed by atoms with E-state index in [4.69, 9.17) is 30.5 Å². The highest BCUT2D eigenvalue weighted by Gasteiger charge is 2.33. The van der Waals surface area contributed by atoms with Gasteiger partial charge in [-0.3, -0.25) is 0 Å². The van der Waals surface area contributed by atoms with Gasteiger partial charge in [-0.05, 0) is 60.2 Å². The number of methoxy groups -OCH3 is 2. The van der Waals surface area contributed by atoms with E-state index in [9.17, 15) is 0 Å². The summed E-state index contributed by atoms with van der Waals surface area (Å²) in [6.45, 7) is 1.09. The van der Waals surface area contributed by atoms with Gasteiger partial charge in [0.15, 0.2) is 29.5 Å². The second kappa shape index (κ2) is 7.15. The molecule has 0 bridgehead atoms. The minimum absolute atomic E-state index is 0.261. The lowest BCUT2D eigenvalue weighted by atomic mass is 9.90. The maximum atomic E-state index is 6.26.